The van der Waals surface area contributed by atoms with Gasteiger partial charge >= 0.3 is 0 Å². The van der Waals surface area contributed by atoms with Crippen molar-refractivity contribution in [2.45, 2.75) is 38.0 Å². The van der Waals surface area contributed by atoms with E-state index in [4.69, 9.17) is 0 Å². The molecule has 18 heavy (non-hydrogen) atoms. The summed E-state index contributed by atoms with van der Waals surface area (Å²) in [6, 6.07) is 10.3. The van der Waals surface area contributed by atoms with E-state index in [1.54, 1.807) is 0 Å². The van der Waals surface area contributed by atoms with Gasteiger partial charge in [-0.25, -0.2) is 0 Å². The van der Waals surface area contributed by atoms with Crippen LogP contribution in [0.25, 0.3) is 0 Å². The molecule has 0 N–H and O–H groups in total. The lowest BCUT2D eigenvalue weighted by Crippen LogP contribution is -2.31. The van der Waals surface area contributed by atoms with Gasteiger partial charge in [-0.05, 0) is 37.2 Å². The summed E-state index contributed by atoms with van der Waals surface area (Å²) in [7, 11) is 0. The van der Waals surface area contributed by atoms with Crippen LogP contribution in [0.4, 0.5) is 0 Å². The first-order chi connectivity index (χ1) is 8.75. The van der Waals surface area contributed by atoms with E-state index in [1.807, 2.05) is 18.2 Å². The van der Waals surface area contributed by atoms with E-state index in [2.05, 4.69) is 12.1 Å². The summed E-state index contributed by atoms with van der Waals surface area (Å²) in [5.41, 5.74) is 1.28. The van der Waals surface area contributed by atoms with Gasteiger partial charge in [0.15, 0.2) is 0 Å². The molecule has 1 aromatic rings. The fourth-order valence-electron chi connectivity index (χ4n) is 2.98. The molecule has 2 fully saturated rings. The van der Waals surface area contributed by atoms with Crippen LogP contribution in [0.5, 0.6) is 0 Å². The first-order valence-electron chi connectivity index (χ1n) is 6.87. The standard InChI is InChI=1S/C16H18O2/c17-15-9-8-13(11-4-2-1-3-5-11)10-14(15)16(18)12-6-7-12/h1-5,12-14H,6-10H2. The molecule has 0 amide bonds. The van der Waals surface area contributed by atoms with E-state index in [0.717, 1.165) is 25.7 Å². The van der Waals surface area contributed by atoms with Crippen LogP contribution in [0, 0.1) is 11.8 Å². The Morgan fingerprint density at radius 3 is 2.44 bits per heavy atom. The summed E-state index contributed by atoms with van der Waals surface area (Å²) in [5, 5.41) is 0. The average Bonchev–Trinajstić information content (AvgIpc) is 3.24. The highest BCUT2D eigenvalue weighted by atomic mass is 16.2. The zero-order valence-electron chi connectivity index (χ0n) is 10.5. The van der Waals surface area contributed by atoms with Gasteiger partial charge in [0, 0.05) is 12.3 Å². The van der Waals surface area contributed by atoms with Gasteiger partial charge in [-0.3, -0.25) is 9.59 Å². The minimum Gasteiger partial charge on any atom is -0.299 e. The second kappa shape index (κ2) is 4.68. The molecule has 1 aromatic carbocycles. The van der Waals surface area contributed by atoms with Crippen molar-refractivity contribution in [1.29, 1.82) is 0 Å². The van der Waals surface area contributed by atoms with Gasteiger partial charge in [0.25, 0.3) is 0 Å². The average molecular weight is 242 g/mol. The lowest BCUT2D eigenvalue weighted by Gasteiger charge is -2.27. The predicted molar refractivity (Wildman–Crippen MR) is 69.3 cm³/mol. The van der Waals surface area contributed by atoms with Crippen molar-refractivity contribution in [2.24, 2.45) is 11.8 Å². The maximum absolute atomic E-state index is 12.1. The van der Waals surface area contributed by atoms with E-state index in [1.165, 1.54) is 5.56 Å². The molecule has 3 rings (SSSR count). The van der Waals surface area contributed by atoms with Crippen molar-refractivity contribution in [3.63, 3.8) is 0 Å². The molecule has 0 aliphatic heterocycles. The van der Waals surface area contributed by atoms with Crippen molar-refractivity contribution >= 4 is 11.6 Å². The van der Waals surface area contributed by atoms with Gasteiger partial charge in [0.1, 0.15) is 11.6 Å². The van der Waals surface area contributed by atoms with Crippen LogP contribution in [0.2, 0.25) is 0 Å². The number of rotatable bonds is 3. The third kappa shape index (κ3) is 2.24. The molecule has 2 saturated carbocycles. The number of Topliss-reactive ketones (excluding diaryl/α,β-unsaturated/α-hetero) is 2. The third-order valence-electron chi connectivity index (χ3n) is 4.24. The molecular weight excluding hydrogens is 224 g/mol. The summed E-state index contributed by atoms with van der Waals surface area (Å²) in [6.07, 6.45) is 4.20. The van der Waals surface area contributed by atoms with Crippen LogP contribution < -0.4 is 0 Å². The molecule has 94 valence electrons. The van der Waals surface area contributed by atoms with E-state index in [-0.39, 0.29) is 23.4 Å². The number of benzene rings is 1. The maximum Gasteiger partial charge on any atom is 0.146 e. The highest BCUT2D eigenvalue weighted by Crippen LogP contribution is 2.40. The van der Waals surface area contributed by atoms with E-state index in [9.17, 15) is 9.59 Å². The van der Waals surface area contributed by atoms with Crippen molar-refractivity contribution in [1.82, 2.24) is 0 Å². The highest BCUT2D eigenvalue weighted by Gasteiger charge is 2.41. The van der Waals surface area contributed by atoms with Crippen LogP contribution in [0.3, 0.4) is 0 Å². The molecule has 0 bridgehead atoms. The molecule has 2 nitrogen and oxygen atoms in total. The molecule has 0 spiro atoms. The largest absolute Gasteiger partial charge is 0.299 e. The Bertz CT molecular complexity index is 459. The maximum atomic E-state index is 12.1. The Balaban J connectivity index is 1.75. The number of hydrogen-bond acceptors (Lipinski definition) is 2. The lowest BCUT2D eigenvalue weighted by atomic mass is 9.75. The smallest absolute Gasteiger partial charge is 0.146 e. The molecule has 0 radical (unpaired) electrons. The van der Waals surface area contributed by atoms with Crippen LogP contribution in [0.15, 0.2) is 30.3 Å². The number of carbonyl (C=O) groups is 2. The topological polar surface area (TPSA) is 34.1 Å². The van der Waals surface area contributed by atoms with Crippen molar-refractivity contribution in [3.8, 4) is 0 Å². The molecule has 2 atom stereocenters. The van der Waals surface area contributed by atoms with Crippen molar-refractivity contribution in [2.75, 3.05) is 0 Å². The van der Waals surface area contributed by atoms with Gasteiger partial charge in [-0.1, -0.05) is 30.3 Å². The lowest BCUT2D eigenvalue weighted by molar-refractivity contribution is -0.135. The highest BCUT2D eigenvalue weighted by molar-refractivity contribution is 6.04. The zero-order chi connectivity index (χ0) is 12.5. The number of ketones is 2. The van der Waals surface area contributed by atoms with Gasteiger partial charge in [0.2, 0.25) is 0 Å². The molecule has 2 unspecified atom stereocenters. The molecule has 2 heteroatoms. The monoisotopic (exact) mass is 242 g/mol. The summed E-state index contributed by atoms with van der Waals surface area (Å²) in [6.45, 7) is 0. The van der Waals surface area contributed by atoms with E-state index < -0.39 is 0 Å². The van der Waals surface area contributed by atoms with Crippen molar-refractivity contribution < 1.29 is 9.59 Å². The molecule has 2 aliphatic carbocycles. The Kier molecular flexibility index (Phi) is 3.02. The van der Waals surface area contributed by atoms with Crippen LogP contribution in [0.1, 0.15) is 43.6 Å². The van der Waals surface area contributed by atoms with Crippen LogP contribution in [-0.2, 0) is 9.59 Å². The fraction of sp³-hybridized carbons (Fsp3) is 0.500. The van der Waals surface area contributed by atoms with Gasteiger partial charge in [-0.15, -0.1) is 0 Å². The Morgan fingerprint density at radius 1 is 1.06 bits per heavy atom. The normalized spacial score (nSPS) is 28.1. The molecule has 0 heterocycles. The first-order valence-corrected chi connectivity index (χ1v) is 6.87. The Labute approximate surface area is 107 Å². The minimum absolute atomic E-state index is 0.180. The van der Waals surface area contributed by atoms with E-state index >= 15 is 0 Å². The van der Waals surface area contributed by atoms with Gasteiger partial charge in [0.05, 0.1) is 5.92 Å². The molecule has 0 saturated heterocycles. The predicted octanol–water partition coefficient (Wildman–Crippen LogP) is 3.12. The van der Waals surface area contributed by atoms with E-state index in [0.29, 0.717) is 12.3 Å². The van der Waals surface area contributed by atoms with Crippen LogP contribution >= 0.6 is 0 Å². The quantitative estimate of drug-likeness (QED) is 0.763. The summed E-state index contributed by atoms with van der Waals surface area (Å²) < 4.78 is 0. The summed E-state index contributed by atoms with van der Waals surface area (Å²) >= 11 is 0. The van der Waals surface area contributed by atoms with Crippen molar-refractivity contribution in [3.05, 3.63) is 35.9 Å². The summed E-state index contributed by atoms with van der Waals surface area (Å²) in [5.74, 6) is 0.682. The Morgan fingerprint density at radius 2 is 1.78 bits per heavy atom. The molecule has 0 aromatic heterocycles. The third-order valence-corrected chi connectivity index (χ3v) is 4.24. The summed E-state index contributed by atoms with van der Waals surface area (Å²) in [4.78, 5) is 24.1. The SMILES string of the molecule is O=C1CCC(c2ccccc2)CC1C(=O)C1CC1. The molecular formula is C16H18O2. The van der Waals surface area contributed by atoms with Gasteiger partial charge < -0.3 is 0 Å². The fourth-order valence-corrected chi connectivity index (χ4v) is 2.98. The minimum atomic E-state index is -0.309. The number of hydrogen-bond donors (Lipinski definition) is 0. The zero-order valence-corrected chi connectivity index (χ0v) is 10.5. The number of carbonyl (C=O) groups excluding carboxylic acids is 2. The second-order valence-electron chi connectivity index (χ2n) is 5.58. The van der Waals surface area contributed by atoms with Gasteiger partial charge in [-0.2, -0.15) is 0 Å². The second-order valence-corrected chi connectivity index (χ2v) is 5.58. The Hall–Kier alpha value is -1.44. The molecule has 2 aliphatic rings. The van der Waals surface area contributed by atoms with Crippen LogP contribution in [-0.4, -0.2) is 11.6 Å². The first kappa shape index (κ1) is 11.6.